The van der Waals surface area contributed by atoms with Crippen molar-refractivity contribution >= 4 is 16.7 Å². The molecule has 22 heavy (non-hydrogen) atoms. The zero-order chi connectivity index (χ0) is 15.4. The zero-order valence-electron chi connectivity index (χ0n) is 13.2. The maximum atomic E-state index is 12.3. The van der Waals surface area contributed by atoms with Gasteiger partial charge >= 0.3 is 0 Å². The average Bonchev–Trinajstić information content (AvgIpc) is 2.59. The van der Waals surface area contributed by atoms with E-state index in [4.69, 9.17) is 0 Å². The Labute approximate surface area is 132 Å². The van der Waals surface area contributed by atoms with E-state index in [0.29, 0.717) is 12.6 Å². The summed E-state index contributed by atoms with van der Waals surface area (Å²) in [6.45, 7) is 5.23. The third-order valence-electron chi connectivity index (χ3n) is 4.58. The molecule has 1 amide bonds. The summed E-state index contributed by atoms with van der Waals surface area (Å²) >= 11 is 0. The number of hydrogen-bond donors (Lipinski definition) is 1. The molecule has 0 aromatic heterocycles. The highest BCUT2D eigenvalue weighted by molar-refractivity contribution is 5.98. The summed E-state index contributed by atoms with van der Waals surface area (Å²) in [6.07, 6.45) is 3.90. The Kier molecular flexibility index (Phi) is 4.74. The van der Waals surface area contributed by atoms with Crippen LogP contribution in [0.2, 0.25) is 0 Å². The summed E-state index contributed by atoms with van der Waals surface area (Å²) in [5.74, 6) is 0.0228. The largest absolute Gasteiger partial charge is 0.350 e. The molecule has 0 aliphatic carbocycles. The molecule has 116 valence electrons. The lowest BCUT2D eigenvalue weighted by atomic mass is 10.1. The van der Waals surface area contributed by atoms with Crippen LogP contribution < -0.4 is 5.32 Å². The number of fused-ring (bicyclic) bond motifs is 1. The second-order valence-corrected chi connectivity index (χ2v) is 6.22. The van der Waals surface area contributed by atoms with E-state index in [-0.39, 0.29) is 5.91 Å². The van der Waals surface area contributed by atoms with Crippen LogP contribution in [0.15, 0.2) is 42.5 Å². The van der Waals surface area contributed by atoms with Crippen LogP contribution in [0.1, 0.15) is 36.5 Å². The van der Waals surface area contributed by atoms with E-state index in [1.807, 2.05) is 36.4 Å². The molecule has 1 aliphatic rings. The maximum absolute atomic E-state index is 12.3. The Balaban J connectivity index is 1.60. The van der Waals surface area contributed by atoms with Crippen LogP contribution in [0.5, 0.6) is 0 Å². The van der Waals surface area contributed by atoms with Gasteiger partial charge in [-0.15, -0.1) is 0 Å². The van der Waals surface area contributed by atoms with Crippen LogP contribution in [0.4, 0.5) is 0 Å². The number of carbonyl (C=O) groups excluding carboxylic acids is 1. The van der Waals surface area contributed by atoms with Crippen molar-refractivity contribution in [1.82, 2.24) is 10.2 Å². The first kappa shape index (κ1) is 15.0. The van der Waals surface area contributed by atoms with Crippen LogP contribution in [0.25, 0.3) is 10.8 Å². The van der Waals surface area contributed by atoms with E-state index in [2.05, 4.69) is 23.2 Å². The third kappa shape index (κ3) is 3.47. The van der Waals surface area contributed by atoms with Gasteiger partial charge in [-0.1, -0.05) is 36.8 Å². The van der Waals surface area contributed by atoms with E-state index in [9.17, 15) is 4.79 Å². The van der Waals surface area contributed by atoms with Gasteiger partial charge in [-0.25, -0.2) is 0 Å². The number of hydrogen-bond acceptors (Lipinski definition) is 2. The molecule has 0 saturated carbocycles. The molecule has 2 aromatic carbocycles. The second kappa shape index (κ2) is 6.93. The molecule has 1 N–H and O–H groups in total. The number of nitrogens with zero attached hydrogens (tertiary/aromatic N) is 1. The fraction of sp³-hybridized carbons (Fsp3) is 0.421. The monoisotopic (exact) mass is 296 g/mol. The highest BCUT2D eigenvalue weighted by Gasteiger charge is 2.17. The quantitative estimate of drug-likeness (QED) is 0.937. The van der Waals surface area contributed by atoms with Gasteiger partial charge in [-0.3, -0.25) is 9.69 Å². The Bertz CT molecular complexity index is 647. The topological polar surface area (TPSA) is 32.3 Å². The molecule has 0 bridgehead atoms. The number of rotatable bonds is 4. The molecule has 0 radical (unpaired) electrons. The molecule has 1 saturated heterocycles. The fourth-order valence-corrected chi connectivity index (χ4v) is 3.16. The SMILES string of the molecule is CC(CNC(=O)c1ccc2ccccc2c1)N1CCCCC1. The normalized spacial score (nSPS) is 17.3. The Morgan fingerprint density at radius 1 is 1.09 bits per heavy atom. The van der Waals surface area contributed by atoms with E-state index in [1.165, 1.54) is 24.6 Å². The van der Waals surface area contributed by atoms with E-state index >= 15 is 0 Å². The first-order valence-electron chi connectivity index (χ1n) is 8.25. The van der Waals surface area contributed by atoms with Gasteiger partial charge in [0.1, 0.15) is 0 Å². The number of likely N-dealkylation sites (tertiary alicyclic amines) is 1. The lowest BCUT2D eigenvalue weighted by molar-refractivity contribution is 0.0930. The minimum absolute atomic E-state index is 0.0228. The summed E-state index contributed by atoms with van der Waals surface area (Å²) in [6, 6.07) is 14.4. The molecule has 1 heterocycles. The second-order valence-electron chi connectivity index (χ2n) is 6.22. The summed E-state index contributed by atoms with van der Waals surface area (Å²) in [5, 5.41) is 5.36. The van der Waals surface area contributed by atoms with E-state index in [0.717, 1.165) is 24.0 Å². The fourth-order valence-electron chi connectivity index (χ4n) is 3.16. The van der Waals surface area contributed by atoms with Crippen LogP contribution in [-0.4, -0.2) is 36.5 Å². The van der Waals surface area contributed by atoms with E-state index in [1.54, 1.807) is 0 Å². The molecule has 1 atom stereocenters. The summed E-state index contributed by atoms with van der Waals surface area (Å²) in [5.41, 5.74) is 0.740. The van der Waals surface area contributed by atoms with Gasteiger partial charge in [0.2, 0.25) is 0 Å². The summed E-state index contributed by atoms with van der Waals surface area (Å²) in [7, 11) is 0. The summed E-state index contributed by atoms with van der Waals surface area (Å²) < 4.78 is 0. The number of benzene rings is 2. The van der Waals surface area contributed by atoms with Crippen molar-refractivity contribution in [2.75, 3.05) is 19.6 Å². The first-order valence-corrected chi connectivity index (χ1v) is 8.25. The Morgan fingerprint density at radius 2 is 1.82 bits per heavy atom. The van der Waals surface area contributed by atoms with Gasteiger partial charge in [0.15, 0.2) is 0 Å². The molecule has 2 aromatic rings. The standard InChI is InChI=1S/C19H24N2O/c1-15(21-11-5-2-6-12-21)14-20-19(22)18-10-9-16-7-3-4-8-17(16)13-18/h3-4,7-10,13,15H,2,5-6,11-12,14H2,1H3,(H,20,22). The average molecular weight is 296 g/mol. The van der Waals surface area contributed by atoms with Crippen molar-refractivity contribution in [3.8, 4) is 0 Å². The molecule has 3 heteroatoms. The van der Waals surface area contributed by atoms with Crippen molar-refractivity contribution in [2.45, 2.75) is 32.2 Å². The van der Waals surface area contributed by atoms with Gasteiger partial charge in [0.05, 0.1) is 0 Å². The van der Waals surface area contributed by atoms with Crippen molar-refractivity contribution in [1.29, 1.82) is 0 Å². The van der Waals surface area contributed by atoms with Gasteiger partial charge in [-0.05, 0) is 55.8 Å². The molecule has 3 rings (SSSR count). The molecular formula is C19H24N2O. The predicted molar refractivity (Wildman–Crippen MR) is 91.2 cm³/mol. The maximum Gasteiger partial charge on any atom is 0.251 e. The first-order chi connectivity index (χ1) is 10.7. The van der Waals surface area contributed by atoms with Crippen LogP contribution >= 0.6 is 0 Å². The number of amides is 1. The number of carbonyl (C=O) groups is 1. The highest BCUT2D eigenvalue weighted by Crippen LogP contribution is 2.16. The third-order valence-corrected chi connectivity index (χ3v) is 4.58. The van der Waals surface area contributed by atoms with Gasteiger partial charge < -0.3 is 5.32 Å². The van der Waals surface area contributed by atoms with Crippen LogP contribution in [0, 0.1) is 0 Å². The van der Waals surface area contributed by atoms with Gasteiger partial charge in [0.25, 0.3) is 5.91 Å². The molecule has 3 nitrogen and oxygen atoms in total. The number of nitrogens with one attached hydrogen (secondary N) is 1. The van der Waals surface area contributed by atoms with Crippen molar-refractivity contribution in [3.63, 3.8) is 0 Å². The van der Waals surface area contributed by atoms with Gasteiger partial charge in [0, 0.05) is 18.2 Å². The number of piperidine rings is 1. The molecule has 0 spiro atoms. The zero-order valence-corrected chi connectivity index (χ0v) is 13.2. The smallest absolute Gasteiger partial charge is 0.251 e. The van der Waals surface area contributed by atoms with E-state index < -0.39 is 0 Å². The van der Waals surface area contributed by atoms with Crippen LogP contribution in [-0.2, 0) is 0 Å². The Hall–Kier alpha value is -1.87. The molecular weight excluding hydrogens is 272 g/mol. The molecule has 1 fully saturated rings. The van der Waals surface area contributed by atoms with Crippen molar-refractivity contribution in [2.24, 2.45) is 0 Å². The lowest BCUT2D eigenvalue weighted by Gasteiger charge is -2.32. The minimum Gasteiger partial charge on any atom is -0.350 e. The molecule has 1 aliphatic heterocycles. The van der Waals surface area contributed by atoms with Crippen LogP contribution in [0.3, 0.4) is 0 Å². The highest BCUT2D eigenvalue weighted by atomic mass is 16.1. The van der Waals surface area contributed by atoms with Gasteiger partial charge in [-0.2, -0.15) is 0 Å². The predicted octanol–water partition coefficient (Wildman–Crippen LogP) is 3.44. The Morgan fingerprint density at radius 3 is 2.59 bits per heavy atom. The van der Waals surface area contributed by atoms with Crippen molar-refractivity contribution < 1.29 is 4.79 Å². The van der Waals surface area contributed by atoms with Crippen molar-refractivity contribution in [3.05, 3.63) is 48.0 Å². The minimum atomic E-state index is 0.0228. The lowest BCUT2D eigenvalue weighted by Crippen LogP contribution is -2.44. The summed E-state index contributed by atoms with van der Waals surface area (Å²) in [4.78, 5) is 14.8. The molecule has 1 unspecified atom stereocenters.